The molecular weight excluding hydrogens is 316 g/mol. The second kappa shape index (κ2) is 5.74. The molecule has 1 aromatic carbocycles. The van der Waals surface area contributed by atoms with Gasteiger partial charge in [-0.2, -0.15) is 4.31 Å². The van der Waals surface area contributed by atoms with E-state index in [1.165, 1.54) is 4.31 Å². The number of morpholine rings is 1. The van der Waals surface area contributed by atoms with Gasteiger partial charge in [-0.05, 0) is 37.1 Å². The van der Waals surface area contributed by atoms with Crippen LogP contribution in [0.2, 0.25) is 0 Å². The van der Waals surface area contributed by atoms with Crippen molar-refractivity contribution < 1.29 is 17.6 Å². The van der Waals surface area contributed by atoms with Crippen LogP contribution in [-0.2, 0) is 14.8 Å². The van der Waals surface area contributed by atoms with Crippen molar-refractivity contribution in [1.82, 2.24) is 9.29 Å². The van der Waals surface area contributed by atoms with Crippen molar-refractivity contribution in [3.05, 3.63) is 36.4 Å². The van der Waals surface area contributed by atoms with Gasteiger partial charge in [0.05, 0.1) is 24.3 Å². The Bertz CT molecular complexity index is 788. The van der Waals surface area contributed by atoms with Gasteiger partial charge in [-0.15, -0.1) is 0 Å². The summed E-state index contributed by atoms with van der Waals surface area (Å²) < 4.78 is 37.6. The van der Waals surface area contributed by atoms with Crippen molar-refractivity contribution in [2.75, 3.05) is 26.3 Å². The molecule has 2 fully saturated rings. The first-order valence-corrected chi connectivity index (χ1v) is 9.23. The molecule has 2 aromatic rings. The highest BCUT2D eigenvalue weighted by molar-refractivity contribution is 7.89. The molecule has 1 aromatic heterocycles. The lowest BCUT2D eigenvalue weighted by Crippen LogP contribution is -2.40. The van der Waals surface area contributed by atoms with Gasteiger partial charge in [-0.25, -0.2) is 13.4 Å². The maximum absolute atomic E-state index is 12.6. The Kier molecular flexibility index (Phi) is 3.71. The molecule has 122 valence electrons. The van der Waals surface area contributed by atoms with Crippen LogP contribution < -0.4 is 0 Å². The minimum atomic E-state index is -3.45. The smallest absolute Gasteiger partial charge is 0.243 e. The molecule has 6 nitrogen and oxygen atoms in total. The summed E-state index contributed by atoms with van der Waals surface area (Å²) in [5.74, 6) is 1.93. The van der Waals surface area contributed by atoms with Gasteiger partial charge >= 0.3 is 0 Å². The van der Waals surface area contributed by atoms with Crippen LogP contribution in [0.25, 0.3) is 11.3 Å². The number of oxazole rings is 1. The fourth-order valence-corrected chi connectivity index (χ4v) is 4.08. The molecule has 7 heteroatoms. The molecule has 0 spiro atoms. The molecule has 1 saturated heterocycles. The molecule has 1 saturated carbocycles. The van der Waals surface area contributed by atoms with E-state index in [1.54, 1.807) is 30.5 Å². The highest BCUT2D eigenvalue weighted by Gasteiger charge is 2.29. The summed E-state index contributed by atoms with van der Waals surface area (Å²) in [5.41, 5.74) is 0.838. The van der Waals surface area contributed by atoms with E-state index in [2.05, 4.69) is 4.98 Å². The highest BCUT2D eigenvalue weighted by Crippen LogP contribution is 2.40. The average Bonchev–Trinajstić information content (AvgIpc) is 3.33. The molecule has 2 aliphatic rings. The Hall–Kier alpha value is -1.70. The van der Waals surface area contributed by atoms with Gasteiger partial charge in [0.2, 0.25) is 10.0 Å². The van der Waals surface area contributed by atoms with Gasteiger partial charge in [-0.3, -0.25) is 0 Å². The largest absolute Gasteiger partial charge is 0.440 e. The third-order valence-electron chi connectivity index (χ3n) is 4.20. The van der Waals surface area contributed by atoms with Crippen molar-refractivity contribution in [3.63, 3.8) is 0 Å². The first kappa shape index (κ1) is 14.9. The average molecular weight is 334 g/mol. The Morgan fingerprint density at radius 1 is 1.09 bits per heavy atom. The van der Waals surface area contributed by atoms with Gasteiger partial charge in [0.1, 0.15) is 0 Å². The van der Waals surface area contributed by atoms with Crippen LogP contribution in [0.3, 0.4) is 0 Å². The monoisotopic (exact) mass is 334 g/mol. The lowest BCUT2D eigenvalue weighted by Gasteiger charge is -2.26. The standard InChI is InChI=1S/C16H18N2O4S/c19-23(20,18-7-9-21-10-8-18)14-5-3-12(4-6-14)15-11-17-16(22-15)13-1-2-13/h3-6,11,13H,1-2,7-10H2. The summed E-state index contributed by atoms with van der Waals surface area (Å²) in [4.78, 5) is 4.59. The fraction of sp³-hybridized carbons (Fsp3) is 0.438. The van der Waals surface area contributed by atoms with E-state index in [0.717, 1.165) is 24.3 Å². The molecule has 0 radical (unpaired) electrons. The van der Waals surface area contributed by atoms with Crippen LogP contribution >= 0.6 is 0 Å². The number of aromatic nitrogens is 1. The maximum atomic E-state index is 12.6. The molecule has 0 atom stereocenters. The lowest BCUT2D eigenvalue weighted by atomic mass is 10.2. The summed E-state index contributed by atoms with van der Waals surface area (Å²) in [5, 5.41) is 0. The second-order valence-electron chi connectivity index (χ2n) is 5.88. The summed E-state index contributed by atoms with van der Waals surface area (Å²) in [6, 6.07) is 6.79. The molecule has 0 unspecified atom stereocenters. The van der Waals surface area contributed by atoms with E-state index >= 15 is 0 Å². The zero-order valence-corrected chi connectivity index (χ0v) is 13.5. The summed E-state index contributed by atoms with van der Waals surface area (Å²) >= 11 is 0. The molecular formula is C16H18N2O4S. The predicted octanol–water partition coefficient (Wildman–Crippen LogP) is 2.24. The molecule has 1 aliphatic carbocycles. The number of nitrogens with zero attached hydrogens (tertiary/aromatic N) is 2. The molecule has 2 heterocycles. The fourth-order valence-electron chi connectivity index (χ4n) is 2.67. The van der Waals surface area contributed by atoms with Crippen LogP contribution in [-0.4, -0.2) is 44.0 Å². The lowest BCUT2D eigenvalue weighted by molar-refractivity contribution is 0.0730. The van der Waals surface area contributed by atoms with E-state index in [4.69, 9.17) is 9.15 Å². The normalized spacial score (nSPS) is 19.8. The number of ether oxygens (including phenoxy) is 1. The first-order chi connectivity index (χ1) is 11.1. The quantitative estimate of drug-likeness (QED) is 0.857. The third-order valence-corrected chi connectivity index (χ3v) is 6.11. The zero-order chi connectivity index (χ0) is 15.9. The minimum absolute atomic E-state index is 0.296. The van der Waals surface area contributed by atoms with Crippen LogP contribution in [0.15, 0.2) is 39.8 Å². The number of sulfonamides is 1. The molecule has 1 aliphatic heterocycles. The minimum Gasteiger partial charge on any atom is -0.440 e. The number of hydrogen-bond donors (Lipinski definition) is 0. The Labute approximate surface area is 135 Å². The molecule has 0 N–H and O–H groups in total. The van der Waals surface area contributed by atoms with E-state index < -0.39 is 10.0 Å². The van der Waals surface area contributed by atoms with Crippen LogP contribution in [0.1, 0.15) is 24.7 Å². The number of rotatable bonds is 4. The van der Waals surface area contributed by atoms with Gasteiger partial charge in [0.25, 0.3) is 0 Å². The third kappa shape index (κ3) is 2.91. The van der Waals surface area contributed by atoms with E-state index in [-0.39, 0.29) is 0 Å². The molecule has 0 bridgehead atoms. The van der Waals surface area contributed by atoms with Gasteiger partial charge in [-0.1, -0.05) is 0 Å². The summed E-state index contributed by atoms with van der Waals surface area (Å²) in [6.07, 6.45) is 3.98. The number of hydrogen-bond acceptors (Lipinski definition) is 5. The predicted molar refractivity (Wildman–Crippen MR) is 83.5 cm³/mol. The molecule has 23 heavy (non-hydrogen) atoms. The SMILES string of the molecule is O=S(=O)(c1ccc(-c2cnc(C3CC3)o2)cc1)N1CCOCC1. The van der Waals surface area contributed by atoms with Crippen LogP contribution in [0.5, 0.6) is 0 Å². The van der Waals surface area contributed by atoms with Crippen LogP contribution in [0, 0.1) is 0 Å². The molecule has 4 rings (SSSR count). The molecule has 0 amide bonds. The summed E-state index contributed by atoms with van der Waals surface area (Å²) in [6.45, 7) is 1.69. The van der Waals surface area contributed by atoms with E-state index in [1.807, 2.05) is 0 Å². The van der Waals surface area contributed by atoms with E-state index in [0.29, 0.717) is 42.9 Å². The Balaban J connectivity index is 1.56. The second-order valence-corrected chi connectivity index (χ2v) is 7.82. The van der Waals surface area contributed by atoms with Crippen molar-refractivity contribution in [2.45, 2.75) is 23.7 Å². The summed E-state index contributed by atoms with van der Waals surface area (Å²) in [7, 11) is -3.45. The maximum Gasteiger partial charge on any atom is 0.243 e. The van der Waals surface area contributed by atoms with Crippen molar-refractivity contribution in [3.8, 4) is 11.3 Å². The Morgan fingerprint density at radius 3 is 2.43 bits per heavy atom. The van der Waals surface area contributed by atoms with Gasteiger partial charge in [0.15, 0.2) is 11.7 Å². The zero-order valence-electron chi connectivity index (χ0n) is 12.6. The number of benzene rings is 1. The van der Waals surface area contributed by atoms with Gasteiger partial charge in [0, 0.05) is 24.6 Å². The Morgan fingerprint density at radius 2 is 1.78 bits per heavy atom. The first-order valence-electron chi connectivity index (χ1n) is 7.79. The van der Waals surface area contributed by atoms with Crippen molar-refractivity contribution in [1.29, 1.82) is 0 Å². The van der Waals surface area contributed by atoms with E-state index in [9.17, 15) is 8.42 Å². The topological polar surface area (TPSA) is 72.6 Å². The highest BCUT2D eigenvalue weighted by atomic mass is 32.2. The van der Waals surface area contributed by atoms with Gasteiger partial charge < -0.3 is 9.15 Å². The van der Waals surface area contributed by atoms with Crippen molar-refractivity contribution in [2.24, 2.45) is 0 Å². The van der Waals surface area contributed by atoms with Crippen molar-refractivity contribution >= 4 is 10.0 Å². The van der Waals surface area contributed by atoms with Crippen LogP contribution in [0.4, 0.5) is 0 Å².